The Morgan fingerprint density at radius 2 is 1.86 bits per heavy atom. The van der Waals surface area contributed by atoms with Gasteiger partial charge in [-0.1, -0.05) is 53.4 Å². The zero-order valence-corrected chi connectivity index (χ0v) is 18.3. The molecule has 2 rings (SSSR count). The molecule has 162 valence electrons. The lowest BCUT2D eigenvalue weighted by molar-refractivity contribution is -0.140. The van der Waals surface area contributed by atoms with Crippen molar-refractivity contribution in [2.45, 2.75) is 91.6 Å². The van der Waals surface area contributed by atoms with Crippen LogP contribution in [-0.2, 0) is 24.2 Å². The monoisotopic (exact) mass is 404 g/mol. The lowest BCUT2D eigenvalue weighted by Gasteiger charge is -2.26. The van der Waals surface area contributed by atoms with Gasteiger partial charge in [-0.2, -0.15) is 0 Å². The Morgan fingerprint density at radius 3 is 2.38 bits per heavy atom. The van der Waals surface area contributed by atoms with Crippen LogP contribution in [0, 0.1) is 11.8 Å². The molecule has 1 aromatic heterocycles. The minimum atomic E-state index is -1.09. The Balaban J connectivity index is 2.46. The molecule has 6 nitrogen and oxygen atoms in total. The number of hydrogen-bond donors (Lipinski definition) is 2. The maximum Gasteiger partial charge on any atom is 0.326 e. The van der Waals surface area contributed by atoms with Crippen LogP contribution >= 0.6 is 0 Å². The van der Waals surface area contributed by atoms with E-state index in [1.165, 1.54) is 19.3 Å². The van der Waals surface area contributed by atoms with Crippen LogP contribution in [0.4, 0.5) is 0 Å². The second kappa shape index (κ2) is 10.6. The van der Waals surface area contributed by atoms with Gasteiger partial charge in [-0.3, -0.25) is 9.59 Å². The molecule has 1 aliphatic carbocycles. The van der Waals surface area contributed by atoms with Crippen molar-refractivity contribution >= 4 is 11.9 Å². The number of aliphatic carboxylic acids is 1. The summed E-state index contributed by atoms with van der Waals surface area (Å²) in [5.74, 6) is -1.49. The number of hydrogen-bond acceptors (Lipinski definition) is 3. The molecule has 1 fully saturated rings. The molecule has 1 aliphatic rings. The molecule has 1 aromatic rings. The lowest BCUT2D eigenvalue weighted by Crippen LogP contribution is -2.46. The van der Waals surface area contributed by atoms with Crippen LogP contribution in [0.25, 0.3) is 0 Å². The zero-order chi connectivity index (χ0) is 21.6. The van der Waals surface area contributed by atoms with Crippen LogP contribution < -0.4 is 10.9 Å². The molecule has 1 amide bonds. The third kappa shape index (κ3) is 5.71. The quantitative estimate of drug-likeness (QED) is 0.655. The number of rotatable bonds is 9. The Labute approximate surface area is 173 Å². The van der Waals surface area contributed by atoms with E-state index in [9.17, 15) is 19.5 Å². The van der Waals surface area contributed by atoms with Crippen molar-refractivity contribution in [3.63, 3.8) is 0 Å². The van der Waals surface area contributed by atoms with E-state index in [2.05, 4.69) is 12.2 Å². The Hall–Kier alpha value is -2.11. The van der Waals surface area contributed by atoms with E-state index in [0.29, 0.717) is 12.5 Å². The van der Waals surface area contributed by atoms with E-state index in [4.69, 9.17) is 0 Å². The van der Waals surface area contributed by atoms with Crippen LogP contribution in [0.1, 0.15) is 87.8 Å². The van der Waals surface area contributed by atoms with Gasteiger partial charge in [0, 0.05) is 12.2 Å². The number of nitrogens with zero attached hydrogens (tertiary/aromatic N) is 1. The van der Waals surface area contributed by atoms with Crippen molar-refractivity contribution < 1.29 is 14.7 Å². The Morgan fingerprint density at radius 1 is 1.21 bits per heavy atom. The third-order valence-electron chi connectivity index (χ3n) is 5.99. The molecule has 2 N–H and O–H groups in total. The molecule has 0 radical (unpaired) electrons. The summed E-state index contributed by atoms with van der Waals surface area (Å²) in [6.45, 7) is 8.24. The molecule has 0 bridgehead atoms. The first-order chi connectivity index (χ1) is 13.8. The molecule has 0 aromatic carbocycles. The fourth-order valence-corrected chi connectivity index (χ4v) is 4.32. The van der Waals surface area contributed by atoms with Gasteiger partial charge in [0.25, 0.3) is 11.5 Å². The molecule has 29 heavy (non-hydrogen) atoms. The fraction of sp³-hybridized carbons (Fsp3) is 0.696. The van der Waals surface area contributed by atoms with Gasteiger partial charge in [0.05, 0.1) is 0 Å². The number of amides is 1. The Bertz CT molecular complexity index is 776. The van der Waals surface area contributed by atoms with E-state index in [1.54, 1.807) is 19.9 Å². The van der Waals surface area contributed by atoms with Gasteiger partial charge in [0.1, 0.15) is 11.6 Å². The van der Waals surface area contributed by atoms with Gasteiger partial charge in [0.2, 0.25) is 0 Å². The summed E-state index contributed by atoms with van der Waals surface area (Å²) in [6.07, 6.45) is 8.33. The van der Waals surface area contributed by atoms with Crippen LogP contribution in [-0.4, -0.2) is 27.6 Å². The number of nitrogens with one attached hydrogen (secondary N) is 1. The molecule has 6 heteroatoms. The van der Waals surface area contributed by atoms with Crippen molar-refractivity contribution in [3.8, 4) is 0 Å². The van der Waals surface area contributed by atoms with E-state index >= 15 is 0 Å². The fourth-order valence-electron chi connectivity index (χ4n) is 4.32. The first kappa shape index (κ1) is 23.2. The third-order valence-corrected chi connectivity index (χ3v) is 5.99. The molecule has 1 atom stereocenters. The highest BCUT2D eigenvalue weighted by molar-refractivity contribution is 5.96. The number of carbonyl (C=O) groups excluding carboxylic acids is 1. The van der Waals surface area contributed by atoms with Crippen molar-refractivity contribution in [2.75, 3.05) is 0 Å². The Kier molecular flexibility index (Phi) is 8.47. The number of carboxylic acids is 1. The minimum Gasteiger partial charge on any atom is -0.480 e. The number of aryl methyl sites for hydroxylation is 1. The van der Waals surface area contributed by atoms with Gasteiger partial charge in [-0.25, -0.2) is 4.79 Å². The maximum atomic E-state index is 13.3. The lowest BCUT2D eigenvalue weighted by atomic mass is 9.89. The van der Waals surface area contributed by atoms with Crippen molar-refractivity contribution in [2.24, 2.45) is 11.8 Å². The van der Waals surface area contributed by atoms with Crippen LogP contribution in [0.2, 0.25) is 0 Å². The summed E-state index contributed by atoms with van der Waals surface area (Å²) < 4.78 is 1.82. The smallest absolute Gasteiger partial charge is 0.326 e. The molecular formula is C23H36N2O4. The average Bonchev–Trinajstić information content (AvgIpc) is 2.69. The van der Waals surface area contributed by atoms with Gasteiger partial charge in [-0.05, 0) is 49.1 Å². The largest absolute Gasteiger partial charge is 0.480 e. The van der Waals surface area contributed by atoms with E-state index < -0.39 is 17.9 Å². The highest BCUT2D eigenvalue weighted by Gasteiger charge is 2.27. The van der Waals surface area contributed by atoms with E-state index in [1.807, 2.05) is 11.5 Å². The normalized spacial score (nSPS) is 16.0. The summed E-state index contributed by atoms with van der Waals surface area (Å²) in [7, 11) is 0. The summed E-state index contributed by atoms with van der Waals surface area (Å²) >= 11 is 0. The molecule has 0 saturated heterocycles. The molecule has 1 heterocycles. The predicted octanol–water partition coefficient (Wildman–Crippen LogP) is 3.78. The van der Waals surface area contributed by atoms with E-state index in [-0.39, 0.29) is 17.0 Å². The maximum absolute atomic E-state index is 13.3. The highest BCUT2D eigenvalue weighted by atomic mass is 16.4. The van der Waals surface area contributed by atoms with E-state index in [0.717, 1.165) is 43.4 Å². The van der Waals surface area contributed by atoms with Gasteiger partial charge in [0.15, 0.2) is 0 Å². The standard InChI is InChI=1S/C23H36N2O4/c1-5-10-19-17(6-2)13-18(21(26)24-20(15(3)4)23(28)29)22(27)25(19)14-16-11-8-7-9-12-16/h13,15-16,20H,5-12,14H2,1-4H3,(H,24,26)(H,28,29)/t20-/m0/s1. The second-order valence-electron chi connectivity index (χ2n) is 8.59. The SMILES string of the molecule is CCCc1c(CC)cc(C(=O)N[C@H](C(=O)O)C(C)C)c(=O)n1CC1CCCCC1. The van der Waals surface area contributed by atoms with Crippen molar-refractivity contribution in [1.82, 2.24) is 9.88 Å². The first-order valence-corrected chi connectivity index (χ1v) is 11.1. The number of pyridine rings is 1. The van der Waals surface area contributed by atoms with Gasteiger partial charge < -0.3 is 15.0 Å². The summed E-state index contributed by atoms with van der Waals surface area (Å²) in [5, 5.41) is 12.0. The number of carboxylic acid groups (broad SMARTS) is 1. The summed E-state index contributed by atoms with van der Waals surface area (Å²) in [6, 6.07) is 0.660. The summed E-state index contributed by atoms with van der Waals surface area (Å²) in [5.41, 5.74) is 1.80. The number of carbonyl (C=O) groups is 2. The summed E-state index contributed by atoms with van der Waals surface area (Å²) in [4.78, 5) is 37.7. The molecule has 0 unspecified atom stereocenters. The topological polar surface area (TPSA) is 88.4 Å². The molecular weight excluding hydrogens is 368 g/mol. The van der Waals surface area contributed by atoms with Crippen LogP contribution in [0.15, 0.2) is 10.9 Å². The number of aromatic nitrogens is 1. The highest BCUT2D eigenvalue weighted by Crippen LogP contribution is 2.26. The first-order valence-electron chi connectivity index (χ1n) is 11.1. The predicted molar refractivity (Wildman–Crippen MR) is 114 cm³/mol. The molecule has 1 saturated carbocycles. The zero-order valence-electron chi connectivity index (χ0n) is 18.3. The van der Waals surface area contributed by atoms with Gasteiger partial charge >= 0.3 is 5.97 Å². The average molecular weight is 405 g/mol. The minimum absolute atomic E-state index is 0.0596. The second-order valence-corrected chi connectivity index (χ2v) is 8.59. The van der Waals surface area contributed by atoms with Gasteiger partial charge in [-0.15, -0.1) is 0 Å². The van der Waals surface area contributed by atoms with Crippen molar-refractivity contribution in [1.29, 1.82) is 0 Å². The molecule has 0 spiro atoms. The van der Waals surface area contributed by atoms with Crippen molar-refractivity contribution in [3.05, 3.63) is 33.2 Å². The van der Waals surface area contributed by atoms with Crippen LogP contribution in [0.5, 0.6) is 0 Å². The molecule has 0 aliphatic heterocycles. The van der Waals surface area contributed by atoms with Crippen LogP contribution in [0.3, 0.4) is 0 Å².